The molecule has 1 aromatic carbocycles. The number of thiazole rings is 1. The Kier molecular flexibility index (Phi) is 9.44. The number of aryl methyl sites for hydroxylation is 1. The predicted molar refractivity (Wildman–Crippen MR) is 152 cm³/mol. The highest BCUT2D eigenvalue weighted by Gasteiger charge is 2.48. The van der Waals surface area contributed by atoms with Crippen LogP contribution in [-0.2, 0) is 14.3 Å². The Bertz CT molecular complexity index is 1410. The van der Waals surface area contributed by atoms with Crippen molar-refractivity contribution in [3.05, 3.63) is 88.7 Å². The van der Waals surface area contributed by atoms with Gasteiger partial charge in [0.05, 0.1) is 23.9 Å². The smallest absolute Gasteiger partial charge is 0.350 e. The van der Waals surface area contributed by atoms with Crippen LogP contribution in [0.4, 0.5) is 5.13 Å². The number of aliphatic hydroxyl groups is 1. The minimum Gasteiger partial charge on any atom is -0.507 e. The van der Waals surface area contributed by atoms with Crippen molar-refractivity contribution in [3.8, 4) is 5.75 Å². The van der Waals surface area contributed by atoms with E-state index >= 15 is 0 Å². The molecule has 0 saturated carbocycles. The summed E-state index contributed by atoms with van der Waals surface area (Å²) < 4.78 is 11.0. The van der Waals surface area contributed by atoms with Gasteiger partial charge in [-0.3, -0.25) is 19.5 Å². The van der Waals surface area contributed by atoms with Crippen LogP contribution >= 0.6 is 11.3 Å². The first kappa shape index (κ1) is 28.7. The Morgan fingerprint density at radius 2 is 1.85 bits per heavy atom. The van der Waals surface area contributed by atoms with Crippen LogP contribution in [0.5, 0.6) is 5.75 Å². The van der Waals surface area contributed by atoms with E-state index in [0.29, 0.717) is 29.2 Å². The number of nitrogens with zero attached hydrogens (tertiary/aromatic N) is 3. The first-order valence-electron chi connectivity index (χ1n) is 13.1. The van der Waals surface area contributed by atoms with Gasteiger partial charge in [0, 0.05) is 18.0 Å². The van der Waals surface area contributed by atoms with Crippen molar-refractivity contribution in [2.24, 2.45) is 0 Å². The highest BCUT2D eigenvalue weighted by atomic mass is 32.1. The van der Waals surface area contributed by atoms with Gasteiger partial charge in [0.2, 0.25) is 0 Å². The third kappa shape index (κ3) is 6.12. The number of Topliss-reactive ketones (excluding diaryl/α,β-unsaturated/α-hetero) is 1. The normalized spacial score (nSPS) is 16.2. The lowest BCUT2D eigenvalue weighted by molar-refractivity contribution is -0.132. The maximum atomic E-state index is 13.4. The van der Waals surface area contributed by atoms with E-state index in [0.717, 1.165) is 37.0 Å². The van der Waals surface area contributed by atoms with Crippen molar-refractivity contribution in [1.29, 1.82) is 0 Å². The Labute approximate surface area is 236 Å². The summed E-state index contributed by atoms with van der Waals surface area (Å²) in [5.74, 6) is -2.01. The van der Waals surface area contributed by atoms with Gasteiger partial charge in [0.15, 0.2) is 5.13 Å². The number of hydrogen-bond donors (Lipinski definition) is 1. The van der Waals surface area contributed by atoms with Crippen molar-refractivity contribution in [1.82, 2.24) is 9.97 Å². The second-order valence-electron chi connectivity index (χ2n) is 9.18. The number of ether oxygens (including phenoxy) is 2. The van der Waals surface area contributed by atoms with E-state index in [9.17, 15) is 19.5 Å². The number of rotatable bonds is 12. The third-order valence-electron chi connectivity index (χ3n) is 6.37. The molecular formula is C30H31N3O6S. The first-order valence-corrected chi connectivity index (χ1v) is 13.9. The van der Waals surface area contributed by atoms with Gasteiger partial charge in [-0.05, 0) is 43.2 Å². The minimum absolute atomic E-state index is 0.0228. The van der Waals surface area contributed by atoms with Gasteiger partial charge in [-0.25, -0.2) is 9.78 Å². The van der Waals surface area contributed by atoms with Crippen LogP contribution in [0, 0.1) is 6.92 Å². The van der Waals surface area contributed by atoms with Crippen LogP contribution < -0.4 is 9.64 Å². The average molecular weight is 562 g/mol. The van der Waals surface area contributed by atoms with Gasteiger partial charge in [-0.1, -0.05) is 62.3 Å². The van der Waals surface area contributed by atoms with Gasteiger partial charge >= 0.3 is 11.9 Å². The number of aliphatic hydroxyl groups excluding tert-OH is 1. The molecule has 0 radical (unpaired) electrons. The van der Waals surface area contributed by atoms with Gasteiger partial charge in [0.1, 0.15) is 23.0 Å². The summed E-state index contributed by atoms with van der Waals surface area (Å²) in [6.07, 6.45) is 8.75. The van der Waals surface area contributed by atoms with Crippen molar-refractivity contribution in [3.63, 3.8) is 0 Å². The summed E-state index contributed by atoms with van der Waals surface area (Å²) in [4.78, 5) is 49.2. The molecule has 40 heavy (non-hydrogen) atoms. The van der Waals surface area contributed by atoms with Crippen LogP contribution in [0.25, 0.3) is 5.76 Å². The maximum Gasteiger partial charge on any atom is 0.350 e. The molecule has 3 aromatic rings. The van der Waals surface area contributed by atoms with Crippen LogP contribution in [-0.4, -0.2) is 45.9 Å². The number of carbonyl (C=O) groups is 3. The van der Waals surface area contributed by atoms with Crippen molar-refractivity contribution in [2.45, 2.75) is 45.6 Å². The zero-order chi connectivity index (χ0) is 28.6. The molecule has 1 N–H and O–H groups in total. The molecule has 10 heteroatoms. The van der Waals surface area contributed by atoms with E-state index in [-0.39, 0.29) is 27.9 Å². The van der Waals surface area contributed by atoms with Crippen molar-refractivity contribution < 1.29 is 29.0 Å². The van der Waals surface area contributed by atoms with Crippen LogP contribution in [0.3, 0.4) is 0 Å². The number of hydrogen-bond acceptors (Lipinski definition) is 9. The molecule has 3 heterocycles. The van der Waals surface area contributed by atoms with Gasteiger partial charge in [-0.15, -0.1) is 0 Å². The number of carbonyl (C=O) groups excluding carboxylic acids is 3. The average Bonchev–Trinajstić information content (AvgIpc) is 3.48. The summed E-state index contributed by atoms with van der Waals surface area (Å²) >= 11 is 0.944. The number of esters is 1. The highest BCUT2D eigenvalue weighted by molar-refractivity contribution is 7.17. The molecule has 208 valence electrons. The van der Waals surface area contributed by atoms with E-state index in [1.165, 1.54) is 23.4 Å². The number of aromatic nitrogens is 2. The zero-order valence-corrected chi connectivity index (χ0v) is 23.3. The van der Waals surface area contributed by atoms with Gasteiger partial charge in [-0.2, -0.15) is 0 Å². The standard InChI is InChI=1S/C30H31N3O6S/c1-4-6-7-8-18-38-22-11-9-20(10-12-22)24-23(25(34)21-13-15-31-16-14-21)26(35)28(36)33(24)30-32-19(3)27(40-30)29(37)39-17-5-2/h5,9-16,24,34H,2,4,6-8,17-18H2,1,3H3. The van der Waals surface area contributed by atoms with E-state index in [4.69, 9.17) is 9.47 Å². The largest absolute Gasteiger partial charge is 0.507 e. The van der Waals surface area contributed by atoms with Crippen molar-refractivity contribution in [2.75, 3.05) is 18.1 Å². The monoisotopic (exact) mass is 561 g/mol. The fourth-order valence-electron chi connectivity index (χ4n) is 4.35. The number of anilines is 1. The lowest BCUT2D eigenvalue weighted by Gasteiger charge is -2.23. The second-order valence-corrected chi connectivity index (χ2v) is 10.2. The molecule has 0 aliphatic carbocycles. The topological polar surface area (TPSA) is 119 Å². The molecule has 1 aliphatic rings. The molecule has 1 saturated heterocycles. The quantitative estimate of drug-likeness (QED) is 0.0739. The Morgan fingerprint density at radius 1 is 1.12 bits per heavy atom. The molecule has 9 nitrogen and oxygen atoms in total. The van der Waals surface area contributed by atoms with E-state index < -0.39 is 23.7 Å². The van der Waals surface area contributed by atoms with Crippen molar-refractivity contribution >= 4 is 39.9 Å². The van der Waals surface area contributed by atoms with Gasteiger partial charge < -0.3 is 14.6 Å². The number of benzene rings is 1. The van der Waals surface area contributed by atoms with E-state index in [1.54, 1.807) is 43.3 Å². The second kappa shape index (κ2) is 13.2. The third-order valence-corrected chi connectivity index (χ3v) is 7.51. The summed E-state index contributed by atoms with van der Waals surface area (Å²) in [7, 11) is 0. The first-order chi connectivity index (χ1) is 19.4. The Morgan fingerprint density at radius 3 is 2.52 bits per heavy atom. The van der Waals surface area contributed by atoms with Crippen LogP contribution in [0.2, 0.25) is 0 Å². The molecule has 2 aromatic heterocycles. The molecule has 1 amide bonds. The highest BCUT2D eigenvalue weighted by Crippen LogP contribution is 2.44. The summed E-state index contributed by atoms with van der Waals surface area (Å²) in [6, 6.07) is 9.16. The molecule has 1 atom stereocenters. The molecule has 4 rings (SSSR count). The minimum atomic E-state index is -0.991. The number of pyridine rings is 1. The van der Waals surface area contributed by atoms with Crippen LogP contribution in [0.15, 0.2) is 67.0 Å². The van der Waals surface area contributed by atoms with E-state index in [2.05, 4.69) is 23.5 Å². The lowest BCUT2D eigenvalue weighted by atomic mass is 9.95. The number of ketones is 1. The zero-order valence-electron chi connectivity index (χ0n) is 22.5. The summed E-state index contributed by atoms with van der Waals surface area (Å²) in [5.41, 5.74) is 1.18. The lowest BCUT2D eigenvalue weighted by Crippen LogP contribution is -2.29. The van der Waals surface area contributed by atoms with E-state index in [1.807, 2.05) is 0 Å². The maximum absolute atomic E-state index is 13.4. The molecule has 1 unspecified atom stereocenters. The predicted octanol–water partition coefficient (Wildman–Crippen LogP) is 5.77. The van der Waals surface area contributed by atoms with Gasteiger partial charge in [0.25, 0.3) is 5.78 Å². The summed E-state index contributed by atoms with van der Waals surface area (Å²) in [5, 5.41) is 11.4. The SMILES string of the molecule is C=CCOC(=O)c1sc(N2C(=O)C(=O)C(=C(O)c3ccncc3)C2c2ccc(OCCCCCC)cc2)nc1C. The fourth-order valence-corrected chi connectivity index (χ4v) is 5.34. The Hall–Kier alpha value is -4.31. The molecule has 0 spiro atoms. The number of unbranched alkanes of at least 4 members (excludes halogenated alkanes) is 3. The fraction of sp³-hybridized carbons (Fsp3) is 0.300. The van der Waals surface area contributed by atoms with Crippen LogP contribution in [0.1, 0.15) is 65.1 Å². The summed E-state index contributed by atoms with van der Waals surface area (Å²) in [6.45, 7) is 7.93. The molecule has 1 aliphatic heterocycles. The molecule has 0 bridgehead atoms. The number of amides is 1. The molecule has 1 fully saturated rings. The molecular weight excluding hydrogens is 530 g/mol. The Balaban J connectivity index is 1.74.